The van der Waals surface area contributed by atoms with E-state index in [1.54, 1.807) is 0 Å². The second-order valence-electron chi connectivity index (χ2n) is 6.95. The van der Waals surface area contributed by atoms with Gasteiger partial charge in [-0.05, 0) is 43.2 Å². The third-order valence-electron chi connectivity index (χ3n) is 5.52. The van der Waals surface area contributed by atoms with Crippen molar-refractivity contribution in [2.24, 2.45) is 17.1 Å². The summed E-state index contributed by atoms with van der Waals surface area (Å²) in [6.45, 7) is 1.21. The van der Waals surface area contributed by atoms with Crippen molar-refractivity contribution in [3.8, 4) is 0 Å². The van der Waals surface area contributed by atoms with Gasteiger partial charge in [-0.15, -0.1) is 0 Å². The van der Waals surface area contributed by atoms with Gasteiger partial charge in [-0.2, -0.15) is 0 Å². The van der Waals surface area contributed by atoms with Gasteiger partial charge in [-0.25, -0.2) is 0 Å². The Labute approximate surface area is 147 Å². The molecule has 2 aliphatic rings. The molecule has 4 rings (SSSR count). The van der Waals surface area contributed by atoms with Crippen LogP contribution >= 0.6 is 0 Å². The average Bonchev–Trinajstić information content (AvgIpc) is 3.17. The number of hydrogen-bond acceptors (Lipinski definition) is 4. The summed E-state index contributed by atoms with van der Waals surface area (Å²) in [6.07, 6.45) is 4.43. The van der Waals surface area contributed by atoms with E-state index >= 15 is 0 Å². The van der Waals surface area contributed by atoms with E-state index in [4.69, 9.17) is 5.73 Å². The van der Waals surface area contributed by atoms with Crippen molar-refractivity contribution >= 4 is 22.4 Å². The van der Waals surface area contributed by atoms with E-state index in [-0.39, 0.29) is 5.92 Å². The number of nitrogens with two attached hydrogens (primary N) is 1. The molecule has 0 aromatic heterocycles. The van der Waals surface area contributed by atoms with Crippen LogP contribution in [0.4, 0.5) is 5.69 Å². The molecule has 130 valence electrons. The van der Waals surface area contributed by atoms with Crippen LogP contribution in [0, 0.1) is 11.3 Å². The monoisotopic (exact) mass is 337 g/mol. The lowest BCUT2D eigenvalue weighted by molar-refractivity contribution is -0.142. The summed E-state index contributed by atoms with van der Waals surface area (Å²) in [6, 6.07) is 14.5. The Hall–Kier alpha value is -2.53. The van der Waals surface area contributed by atoms with E-state index in [1.807, 2.05) is 24.4 Å². The van der Waals surface area contributed by atoms with Gasteiger partial charge in [0, 0.05) is 17.3 Å². The Bertz CT molecular complexity index is 842. The van der Waals surface area contributed by atoms with Gasteiger partial charge in [0.15, 0.2) is 0 Å². The van der Waals surface area contributed by atoms with Gasteiger partial charge in [0.2, 0.25) is 0 Å². The molecular formula is C20H23N3O2. The highest BCUT2D eigenvalue weighted by atomic mass is 16.4. The summed E-state index contributed by atoms with van der Waals surface area (Å²) in [5, 5.41) is 15.5. The first-order chi connectivity index (χ1) is 12.2. The van der Waals surface area contributed by atoms with Crippen molar-refractivity contribution in [3.05, 3.63) is 54.4 Å². The summed E-state index contributed by atoms with van der Waals surface area (Å²) in [5.74, 6) is -0.548. The normalized spacial score (nSPS) is 24.9. The molecule has 4 N–H and O–H groups in total. The van der Waals surface area contributed by atoms with Crippen molar-refractivity contribution in [2.45, 2.75) is 19.3 Å². The number of hydrogen-bond donors (Lipinski definition) is 3. The van der Waals surface area contributed by atoms with Gasteiger partial charge in [-0.1, -0.05) is 36.4 Å². The van der Waals surface area contributed by atoms with E-state index in [9.17, 15) is 9.90 Å². The maximum Gasteiger partial charge on any atom is 0.315 e. The number of nitrogens with zero attached hydrogens (tertiary/aromatic N) is 1. The van der Waals surface area contributed by atoms with Crippen LogP contribution in [-0.4, -0.2) is 24.3 Å². The molecule has 2 unspecified atom stereocenters. The fourth-order valence-electron chi connectivity index (χ4n) is 4.05. The van der Waals surface area contributed by atoms with Crippen LogP contribution in [-0.2, 0) is 4.79 Å². The maximum atomic E-state index is 12.0. The first-order valence-corrected chi connectivity index (χ1v) is 8.81. The molecule has 1 heterocycles. The molecule has 1 fully saturated rings. The highest BCUT2D eigenvalue weighted by Crippen LogP contribution is 2.60. The molecule has 0 saturated heterocycles. The third-order valence-corrected chi connectivity index (χ3v) is 5.52. The van der Waals surface area contributed by atoms with Crippen LogP contribution in [0.1, 0.15) is 19.3 Å². The fourth-order valence-corrected chi connectivity index (χ4v) is 4.05. The number of carboxylic acids is 1. The van der Waals surface area contributed by atoms with Crippen LogP contribution in [0.3, 0.4) is 0 Å². The second kappa shape index (κ2) is 6.08. The van der Waals surface area contributed by atoms with Crippen LogP contribution in [0.5, 0.6) is 0 Å². The van der Waals surface area contributed by atoms with Crippen LogP contribution < -0.4 is 16.0 Å². The quantitative estimate of drug-likeness (QED) is 0.755. The largest absolute Gasteiger partial charge is 0.481 e. The Kier molecular flexibility index (Phi) is 3.88. The molecule has 5 heteroatoms. The first kappa shape index (κ1) is 16.0. The molecule has 1 aliphatic heterocycles. The predicted molar refractivity (Wildman–Crippen MR) is 99.0 cm³/mol. The SMILES string of the molecule is NCCCC1CC1(C(=O)O)C1=CN(c2cccc3ccccc23)CN1. The number of fused-ring (bicyclic) bond motifs is 1. The minimum atomic E-state index is -0.755. The Morgan fingerprint density at radius 3 is 2.88 bits per heavy atom. The van der Waals surface area contributed by atoms with E-state index in [0.717, 1.165) is 24.2 Å². The highest BCUT2D eigenvalue weighted by molar-refractivity contribution is 5.95. The number of benzene rings is 2. The molecule has 1 aliphatic carbocycles. The number of carboxylic acid groups (broad SMARTS) is 1. The van der Waals surface area contributed by atoms with Gasteiger partial charge >= 0.3 is 5.97 Å². The molecule has 2 aromatic rings. The van der Waals surface area contributed by atoms with Crippen molar-refractivity contribution in [2.75, 3.05) is 18.1 Å². The van der Waals surface area contributed by atoms with E-state index in [1.165, 1.54) is 10.8 Å². The highest BCUT2D eigenvalue weighted by Gasteiger charge is 2.63. The molecular weight excluding hydrogens is 314 g/mol. The summed E-state index contributed by atoms with van der Waals surface area (Å²) >= 11 is 0. The van der Waals surface area contributed by atoms with Gasteiger partial charge in [0.1, 0.15) is 5.41 Å². The zero-order valence-corrected chi connectivity index (χ0v) is 14.1. The van der Waals surface area contributed by atoms with Gasteiger partial charge in [0.25, 0.3) is 0 Å². The number of carbonyl (C=O) groups is 1. The van der Waals surface area contributed by atoms with Gasteiger partial charge in [0.05, 0.1) is 12.4 Å². The summed E-state index contributed by atoms with van der Waals surface area (Å²) in [7, 11) is 0. The zero-order valence-electron chi connectivity index (χ0n) is 14.1. The van der Waals surface area contributed by atoms with Crippen molar-refractivity contribution < 1.29 is 9.90 Å². The van der Waals surface area contributed by atoms with Gasteiger partial charge in [-0.3, -0.25) is 4.79 Å². The number of nitrogens with one attached hydrogen (secondary N) is 1. The van der Waals surface area contributed by atoms with Crippen molar-refractivity contribution in [1.82, 2.24) is 5.32 Å². The Balaban J connectivity index is 1.65. The minimum absolute atomic E-state index is 0.180. The third kappa shape index (κ3) is 2.55. The summed E-state index contributed by atoms with van der Waals surface area (Å²) in [4.78, 5) is 14.1. The second-order valence-corrected chi connectivity index (χ2v) is 6.95. The molecule has 0 spiro atoms. The molecule has 1 saturated carbocycles. The molecule has 0 bridgehead atoms. The van der Waals surface area contributed by atoms with Crippen molar-refractivity contribution in [1.29, 1.82) is 0 Å². The summed E-state index contributed by atoms with van der Waals surface area (Å²) in [5.41, 5.74) is 6.76. The lowest BCUT2D eigenvalue weighted by Gasteiger charge is -2.17. The summed E-state index contributed by atoms with van der Waals surface area (Å²) < 4.78 is 0. The van der Waals surface area contributed by atoms with E-state index < -0.39 is 11.4 Å². The molecule has 5 nitrogen and oxygen atoms in total. The topological polar surface area (TPSA) is 78.6 Å². The Morgan fingerprint density at radius 2 is 2.08 bits per heavy atom. The minimum Gasteiger partial charge on any atom is -0.481 e. The van der Waals surface area contributed by atoms with E-state index in [2.05, 4.69) is 34.5 Å². The first-order valence-electron chi connectivity index (χ1n) is 8.81. The lowest BCUT2D eigenvalue weighted by Crippen LogP contribution is -2.28. The van der Waals surface area contributed by atoms with Crippen LogP contribution in [0.2, 0.25) is 0 Å². The lowest BCUT2D eigenvalue weighted by atomic mass is 9.97. The van der Waals surface area contributed by atoms with Crippen LogP contribution in [0.25, 0.3) is 10.8 Å². The molecule has 2 aromatic carbocycles. The van der Waals surface area contributed by atoms with E-state index in [0.29, 0.717) is 19.6 Å². The number of aliphatic carboxylic acids is 1. The molecule has 0 amide bonds. The maximum absolute atomic E-state index is 12.0. The molecule has 25 heavy (non-hydrogen) atoms. The number of anilines is 1. The zero-order chi connectivity index (χ0) is 17.4. The fraction of sp³-hybridized carbons (Fsp3) is 0.350. The van der Waals surface area contributed by atoms with Crippen LogP contribution in [0.15, 0.2) is 54.4 Å². The molecule has 2 atom stereocenters. The standard InChI is InChI=1S/C20H23N3O2/c21-10-4-7-15-11-20(15,19(24)25)18-12-23(13-22-18)17-9-3-6-14-5-1-2-8-16(14)17/h1-3,5-6,8-9,12,15,22H,4,7,10-11,13,21H2,(H,24,25). The average molecular weight is 337 g/mol. The van der Waals surface area contributed by atoms with Gasteiger partial charge < -0.3 is 21.1 Å². The Morgan fingerprint density at radius 1 is 1.28 bits per heavy atom. The predicted octanol–water partition coefficient (Wildman–Crippen LogP) is 2.88. The smallest absolute Gasteiger partial charge is 0.315 e. The van der Waals surface area contributed by atoms with Crippen molar-refractivity contribution in [3.63, 3.8) is 0 Å². The molecule has 0 radical (unpaired) electrons. The number of rotatable bonds is 6.